The average Bonchev–Trinajstić information content (AvgIpc) is 1.64. The predicted octanol–water partition coefficient (Wildman–Crippen LogP) is 22.1. The highest BCUT2D eigenvalue weighted by molar-refractivity contribution is 7.22. The van der Waals surface area contributed by atoms with Crippen LogP contribution in [-0.4, -0.2) is 126 Å². The number of carbonyl (C=O) groups is 3. The Hall–Kier alpha value is -9.90. The number of thiophene rings is 3. The summed E-state index contributed by atoms with van der Waals surface area (Å²) in [4.78, 5) is 49.2. The number of fused-ring (bicyclic) bond motifs is 3. The molecule has 3 N–H and O–H groups in total. The molecule has 0 amide bonds. The van der Waals surface area contributed by atoms with Crippen LogP contribution in [0.2, 0.25) is 5.02 Å². The molecule has 0 spiro atoms. The van der Waals surface area contributed by atoms with Gasteiger partial charge in [0.25, 0.3) is 0 Å². The van der Waals surface area contributed by atoms with Crippen molar-refractivity contribution in [2.75, 3.05) is 78.7 Å². The molecular formula is C90H90ClF2N3O12S3. The molecule has 3 aromatic heterocycles. The molecule has 576 valence electrons. The number of phenols is 3. The maximum atomic E-state index is 13.9. The van der Waals surface area contributed by atoms with Gasteiger partial charge in [0.1, 0.15) is 78.0 Å². The van der Waals surface area contributed by atoms with E-state index in [2.05, 4.69) is 35.5 Å². The van der Waals surface area contributed by atoms with Gasteiger partial charge in [-0.05, 0) is 283 Å². The Balaban J connectivity index is 0.000000146. The number of halogens is 3. The van der Waals surface area contributed by atoms with Crippen LogP contribution in [0.3, 0.4) is 0 Å². The largest absolute Gasteiger partial charge is 0.508 e. The molecule has 15 rings (SSSR count). The van der Waals surface area contributed by atoms with Crippen LogP contribution < -0.4 is 28.4 Å². The zero-order valence-electron chi connectivity index (χ0n) is 63.0. The fourth-order valence-electron chi connectivity index (χ4n) is 14.2. The second kappa shape index (κ2) is 36.5. The van der Waals surface area contributed by atoms with Gasteiger partial charge >= 0.3 is 0 Å². The topological polar surface area (TPSA) is 177 Å². The molecule has 3 fully saturated rings. The first kappa shape index (κ1) is 79.2. The molecule has 111 heavy (non-hydrogen) atoms. The van der Waals surface area contributed by atoms with Crippen molar-refractivity contribution in [3.8, 4) is 69.0 Å². The van der Waals surface area contributed by atoms with Crippen LogP contribution in [0.15, 0.2) is 182 Å². The Morgan fingerprint density at radius 1 is 0.396 bits per heavy atom. The highest BCUT2D eigenvalue weighted by Gasteiger charge is 2.29. The average molecular weight is 1580 g/mol. The van der Waals surface area contributed by atoms with Gasteiger partial charge in [0.15, 0.2) is 17.2 Å². The summed E-state index contributed by atoms with van der Waals surface area (Å²) in [6.45, 7) is 24.5. The number of likely N-dealkylation sites (tertiary alicyclic amines) is 3. The van der Waals surface area contributed by atoms with E-state index in [0.29, 0.717) is 106 Å². The maximum absolute atomic E-state index is 13.9. The van der Waals surface area contributed by atoms with Gasteiger partial charge in [0, 0.05) is 91.2 Å². The van der Waals surface area contributed by atoms with E-state index in [1.807, 2.05) is 85.8 Å². The van der Waals surface area contributed by atoms with E-state index in [1.54, 1.807) is 86.6 Å². The summed E-state index contributed by atoms with van der Waals surface area (Å²) in [7, 11) is 0. The Kier molecular flexibility index (Phi) is 26.0. The zero-order valence-corrected chi connectivity index (χ0v) is 66.2. The summed E-state index contributed by atoms with van der Waals surface area (Å²) in [6.07, 6.45) is 6.79. The number of rotatable bonds is 27. The molecule has 12 aromatic rings. The van der Waals surface area contributed by atoms with Crippen molar-refractivity contribution in [2.45, 2.75) is 80.1 Å². The number of hydrogen-bond donors (Lipinski definition) is 3. The first-order chi connectivity index (χ1) is 53.6. The van der Waals surface area contributed by atoms with Crippen molar-refractivity contribution in [1.82, 2.24) is 14.7 Å². The molecule has 0 unspecified atom stereocenters. The van der Waals surface area contributed by atoms with Crippen LogP contribution in [0.5, 0.6) is 69.0 Å². The Morgan fingerprint density at radius 2 is 0.721 bits per heavy atom. The number of aryl methyl sites for hydroxylation is 3. The van der Waals surface area contributed by atoms with Crippen molar-refractivity contribution in [2.24, 2.45) is 17.8 Å². The Bertz CT molecular complexity index is 5060. The monoisotopic (exact) mass is 1570 g/mol. The second-order valence-electron chi connectivity index (χ2n) is 29.1. The third kappa shape index (κ3) is 20.3. The number of aromatic hydroxyl groups is 3. The summed E-state index contributed by atoms with van der Waals surface area (Å²) in [5.41, 5.74) is 3.29. The third-order valence-corrected chi connectivity index (χ3v) is 23.8. The number of carbonyl (C=O) groups excluding carboxylic acids is 3. The molecule has 21 heteroatoms. The van der Waals surface area contributed by atoms with Crippen LogP contribution in [0.25, 0.3) is 30.3 Å². The molecule has 0 radical (unpaired) electrons. The van der Waals surface area contributed by atoms with E-state index in [0.717, 1.165) is 99.6 Å². The minimum atomic E-state index is -0.472. The van der Waals surface area contributed by atoms with Gasteiger partial charge in [-0.3, -0.25) is 14.4 Å². The molecule has 9 aromatic carbocycles. The van der Waals surface area contributed by atoms with Gasteiger partial charge in [0.2, 0.25) is 17.3 Å². The van der Waals surface area contributed by atoms with Gasteiger partial charge < -0.3 is 58.4 Å². The van der Waals surface area contributed by atoms with E-state index >= 15 is 0 Å². The highest BCUT2D eigenvalue weighted by Crippen LogP contribution is 2.47. The van der Waals surface area contributed by atoms with Gasteiger partial charge in [-0.1, -0.05) is 44.5 Å². The van der Waals surface area contributed by atoms with Gasteiger partial charge in [-0.25, -0.2) is 8.78 Å². The van der Waals surface area contributed by atoms with E-state index in [-0.39, 0.29) is 46.0 Å². The van der Waals surface area contributed by atoms with Crippen LogP contribution in [0.4, 0.5) is 8.78 Å². The Labute approximate surface area is 662 Å². The van der Waals surface area contributed by atoms with Crippen molar-refractivity contribution < 1.29 is 66.9 Å². The molecule has 0 bridgehead atoms. The molecule has 0 saturated carbocycles. The van der Waals surface area contributed by atoms with Crippen molar-refractivity contribution >= 4 is 93.2 Å². The summed E-state index contributed by atoms with van der Waals surface area (Å²) in [5, 5.41) is 32.6. The summed E-state index contributed by atoms with van der Waals surface area (Å²) in [5.74, 6) is 6.43. The minimum absolute atomic E-state index is 0.0991. The third-order valence-electron chi connectivity index (χ3n) is 20.1. The fraction of sp³-hybridized carbons (Fsp3) is 0.300. The smallest absolute Gasteiger partial charge is 0.207 e. The maximum Gasteiger partial charge on any atom is 0.207 e. The van der Waals surface area contributed by atoms with Crippen LogP contribution in [0, 0.1) is 50.2 Å². The van der Waals surface area contributed by atoms with Crippen molar-refractivity contribution in [1.29, 1.82) is 0 Å². The van der Waals surface area contributed by atoms with Gasteiger partial charge in [-0.2, -0.15) is 0 Å². The predicted molar refractivity (Wildman–Crippen MR) is 440 cm³/mol. The number of ketones is 3. The summed E-state index contributed by atoms with van der Waals surface area (Å²) >= 11 is 9.94. The lowest BCUT2D eigenvalue weighted by Gasteiger charge is -2.15. The normalized spacial score (nSPS) is 15.8. The highest BCUT2D eigenvalue weighted by atomic mass is 35.5. The van der Waals surface area contributed by atoms with Crippen LogP contribution in [-0.2, 0) is 0 Å². The number of nitrogens with zero attached hydrogens (tertiary/aromatic N) is 3. The number of benzene rings is 9. The molecular weight excluding hydrogens is 1480 g/mol. The quantitative estimate of drug-likeness (QED) is 0.0327. The lowest BCUT2D eigenvalue weighted by molar-refractivity contribution is 0.103. The lowest BCUT2D eigenvalue weighted by atomic mass is 10.0. The molecule has 15 nitrogen and oxygen atoms in total. The minimum Gasteiger partial charge on any atom is -0.508 e. The van der Waals surface area contributed by atoms with Gasteiger partial charge in [-0.15, -0.1) is 34.0 Å². The lowest BCUT2D eigenvalue weighted by Crippen LogP contribution is -2.22. The fourth-order valence-corrected chi connectivity index (χ4v) is 17.7. The van der Waals surface area contributed by atoms with Crippen LogP contribution >= 0.6 is 45.6 Å². The summed E-state index contributed by atoms with van der Waals surface area (Å²) < 4.78 is 66.3. The second-order valence-corrected chi connectivity index (χ2v) is 32.7. The van der Waals surface area contributed by atoms with Crippen LogP contribution in [0.1, 0.15) is 122 Å². The first-order valence-corrected chi connectivity index (χ1v) is 40.5. The molecule has 6 heterocycles. The van der Waals surface area contributed by atoms with Crippen molar-refractivity contribution in [3.63, 3.8) is 0 Å². The molecule has 3 aliphatic rings. The molecule has 3 saturated heterocycles. The molecule has 0 aliphatic carbocycles. The van der Waals surface area contributed by atoms with Gasteiger partial charge in [0.05, 0.1) is 19.8 Å². The first-order valence-electron chi connectivity index (χ1n) is 37.7. The van der Waals surface area contributed by atoms with E-state index in [1.165, 1.54) is 123 Å². The standard InChI is InChI=1S/C30H30ClNO4S.2C30H30FNO4S/c1-19-12-14-32(18-19)13-3-15-35-23-7-9-24(10-8-23)36-29-25-11-6-22(33)17-27(25)37-30(29)28(34)26-16-21(31)5-4-20(26)2;1-19-12-14-32(18-19)13-3-15-35-23-6-8-24(9-7-23)36-29-26-11-5-22(33)17-27(26)37-30(29)28(34)25-10-4-21(31)16-20(25)2;1-19-12-14-32(18-19)13-3-15-35-23-7-9-24(10-8-23)36-29-25-11-6-22(33)17-27(25)37-30(29)28(34)26-16-21(31)5-4-20(26)2/h3*4-11,16-17,19,33H,3,12-15,18H2,1-2H3/t3*19-/m111/s1. The van der Waals surface area contributed by atoms with E-state index < -0.39 is 5.82 Å². The SMILES string of the molecule is Cc1cc(F)ccc1C(=O)c1sc2cc(O)ccc2c1Oc1ccc(OCCCN2CC[C@@H](C)C2)cc1.Cc1ccc(Cl)cc1C(=O)c1sc2cc(O)ccc2c1Oc1ccc(OCCCN2CC[C@@H](C)C2)cc1.Cc1ccc(F)cc1C(=O)c1sc2cc(O)ccc2c1Oc1ccc(OCCCN2CC[C@@H](C)C2)cc1. The summed E-state index contributed by atoms with van der Waals surface area (Å²) in [6, 6.07) is 50.6. The van der Waals surface area contributed by atoms with E-state index in [9.17, 15) is 38.5 Å². The Morgan fingerprint density at radius 3 is 1.07 bits per heavy atom. The van der Waals surface area contributed by atoms with Crippen molar-refractivity contribution in [3.05, 3.63) is 247 Å². The molecule has 3 atom stereocenters. The number of hydrogen-bond acceptors (Lipinski definition) is 18. The van der Waals surface area contributed by atoms with E-state index in [4.69, 9.17) is 40.0 Å². The zero-order chi connectivity index (χ0) is 77.8. The number of phenolic OH excluding ortho intramolecular Hbond substituents is 3. The number of ether oxygens (including phenoxy) is 6. The molecule has 3 aliphatic heterocycles.